The molecule has 0 bridgehead atoms. The van der Waals surface area contributed by atoms with E-state index in [-0.39, 0.29) is 17.4 Å². The molecule has 1 unspecified atom stereocenters. The van der Waals surface area contributed by atoms with Crippen LogP contribution in [-0.2, 0) is 24.1 Å². The Morgan fingerprint density at radius 3 is 2.69 bits per heavy atom. The van der Waals surface area contributed by atoms with Crippen molar-refractivity contribution < 1.29 is 18.0 Å². The maximum Gasteiger partial charge on any atom is 0.435 e. The molecule has 0 saturated carbocycles. The minimum atomic E-state index is -4.59. The zero-order chi connectivity index (χ0) is 25.3. The summed E-state index contributed by atoms with van der Waals surface area (Å²) in [7, 11) is 3.83. The van der Waals surface area contributed by atoms with Gasteiger partial charge in [0.1, 0.15) is 0 Å². The zero-order valence-corrected chi connectivity index (χ0v) is 21.2. The van der Waals surface area contributed by atoms with Gasteiger partial charge in [-0.2, -0.15) is 18.3 Å². The molecule has 0 saturated heterocycles. The van der Waals surface area contributed by atoms with Crippen LogP contribution in [0.25, 0.3) is 11.1 Å². The lowest BCUT2D eigenvalue weighted by molar-refractivity contribution is -0.141. The molecule has 0 fully saturated rings. The van der Waals surface area contributed by atoms with Gasteiger partial charge in [-0.1, -0.05) is 41.9 Å². The molecule has 0 N–H and O–H groups in total. The summed E-state index contributed by atoms with van der Waals surface area (Å²) in [5.74, 6) is -0.463. The van der Waals surface area contributed by atoms with Crippen molar-refractivity contribution in [3.63, 3.8) is 0 Å². The normalized spacial score (nSPS) is 16.3. The molecular formula is C25H26ClF3N4OS. The molecule has 5 nitrogen and oxygen atoms in total. The Morgan fingerprint density at radius 2 is 2.00 bits per heavy atom. The summed E-state index contributed by atoms with van der Waals surface area (Å²) in [4.78, 5) is 17.6. The molecule has 1 aliphatic rings. The molecule has 1 aromatic carbocycles. The van der Waals surface area contributed by atoms with Crippen LogP contribution < -0.4 is 0 Å². The Balaban J connectivity index is 1.79. The highest BCUT2D eigenvalue weighted by molar-refractivity contribution is 7.16. The molecule has 1 aliphatic heterocycles. The maximum atomic E-state index is 13.9. The second-order valence-corrected chi connectivity index (χ2v) is 10.5. The largest absolute Gasteiger partial charge is 0.435 e. The van der Waals surface area contributed by atoms with Gasteiger partial charge in [-0.15, -0.1) is 11.3 Å². The molecule has 2 aromatic heterocycles. The van der Waals surface area contributed by atoms with Crippen molar-refractivity contribution >= 4 is 28.8 Å². The van der Waals surface area contributed by atoms with E-state index in [0.717, 1.165) is 10.4 Å². The number of amides is 1. The van der Waals surface area contributed by atoms with Crippen molar-refractivity contribution in [3.05, 3.63) is 74.7 Å². The molecule has 1 atom stereocenters. The number of nitrogens with zero attached hydrogens (tertiary/aromatic N) is 4. The molecular weight excluding hydrogens is 497 g/mol. The van der Waals surface area contributed by atoms with Crippen molar-refractivity contribution in [2.24, 2.45) is 0 Å². The van der Waals surface area contributed by atoms with Crippen molar-refractivity contribution in [1.82, 2.24) is 19.6 Å². The van der Waals surface area contributed by atoms with Crippen LogP contribution in [0.3, 0.4) is 0 Å². The minimum absolute atomic E-state index is 0.0344. The lowest BCUT2D eigenvalue weighted by atomic mass is 9.84. The lowest BCUT2D eigenvalue weighted by Crippen LogP contribution is -2.37. The van der Waals surface area contributed by atoms with E-state index < -0.39 is 11.9 Å². The van der Waals surface area contributed by atoms with Crippen LogP contribution in [0, 0.1) is 0 Å². The summed E-state index contributed by atoms with van der Waals surface area (Å²) in [6, 6.07) is 8.91. The molecule has 0 radical (unpaired) electrons. The molecule has 3 aromatic rings. The van der Waals surface area contributed by atoms with Crippen molar-refractivity contribution in [2.45, 2.75) is 32.1 Å². The molecule has 0 aliphatic carbocycles. The van der Waals surface area contributed by atoms with Crippen LogP contribution in [0.15, 0.2) is 48.7 Å². The van der Waals surface area contributed by atoms with Gasteiger partial charge in [0.2, 0.25) is 5.91 Å². The summed E-state index contributed by atoms with van der Waals surface area (Å²) in [5, 5.41) is 3.80. The van der Waals surface area contributed by atoms with E-state index >= 15 is 0 Å². The van der Waals surface area contributed by atoms with Gasteiger partial charge in [-0.05, 0) is 43.8 Å². The number of halogens is 4. The van der Waals surface area contributed by atoms with Gasteiger partial charge in [-0.25, -0.2) is 0 Å². The van der Waals surface area contributed by atoms with E-state index in [1.807, 2.05) is 37.2 Å². The Labute approximate surface area is 211 Å². The average molecular weight is 523 g/mol. The van der Waals surface area contributed by atoms with E-state index in [9.17, 15) is 18.0 Å². The maximum absolute atomic E-state index is 13.9. The smallest absolute Gasteiger partial charge is 0.333 e. The summed E-state index contributed by atoms with van der Waals surface area (Å²) < 4.78 is 43.5. The van der Waals surface area contributed by atoms with Crippen LogP contribution in [0.1, 0.15) is 34.5 Å². The SMILES string of the molecule is CCn1cc(-c2ccccc2C2CN(C(=O)/C=C/CN(C)C)Cc3sc(Cl)cc32)c(C(F)(F)F)n1. The fourth-order valence-corrected chi connectivity index (χ4v) is 5.68. The molecule has 35 heavy (non-hydrogen) atoms. The Kier molecular flexibility index (Phi) is 7.40. The lowest BCUT2D eigenvalue weighted by Gasteiger charge is -2.33. The van der Waals surface area contributed by atoms with Crippen molar-refractivity contribution in [1.29, 1.82) is 0 Å². The predicted molar refractivity (Wildman–Crippen MR) is 133 cm³/mol. The number of alkyl halides is 3. The standard InChI is InChI=1S/C25H26ClF3N4OS/c1-4-33-14-20(24(30-33)25(27,28)29)17-9-6-5-8-16(17)19-13-32(23(34)10-7-11-31(2)3)15-21-18(19)12-22(26)35-21/h5-10,12,14,19H,4,11,13,15H2,1-3H3/b10-7+. The van der Waals surface area contributed by atoms with Gasteiger partial charge in [0.05, 0.1) is 10.9 Å². The fourth-order valence-electron chi connectivity index (χ4n) is 4.32. The highest BCUT2D eigenvalue weighted by Crippen LogP contribution is 2.45. The third-order valence-corrected chi connectivity index (χ3v) is 7.21. The van der Waals surface area contributed by atoms with Gasteiger partial charge < -0.3 is 9.80 Å². The molecule has 4 rings (SSSR count). The number of likely N-dealkylation sites (N-methyl/N-ethyl adjacent to an activating group) is 1. The Morgan fingerprint density at radius 1 is 1.26 bits per heavy atom. The number of carbonyl (C=O) groups excluding carboxylic acids is 1. The van der Waals surface area contributed by atoms with E-state index in [4.69, 9.17) is 11.6 Å². The van der Waals surface area contributed by atoms with Crippen LogP contribution in [-0.4, -0.2) is 52.7 Å². The van der Waals surface area contributed by atoms with Gasteiger partial charge in [0.25, 0.3) is 0 Å². The van der Waals surface area contributed by atoms with Crippen LogP contribution >= 0.6 is 22.9 Å². The van der Waals surface area contributed by atoms with Gasteiger partial charge in [0, 0.05) is 48.3 Å². The summed E-state index contributed by atoms with van der Waals surface area (Å²) >= 11 is 7.74. The van der Waals surface area contributed by atoms with Gasteiger partial charge in [-0.3, -0.25) is 9.48 Å². The molecule has 0 spiro atoms. The number of hydrogen-bond acceptors (Lipinski definition) is 4. The first-order valence-electron chi connectivity index (χ1n) is 11.2. The number of aryl methyl sites for hydroxylation is 1. The molecule has 1 amide bonds. The number of benzene rings is 1. The monoisotopic (exact) mass is 522 g/mol. The quantitative estimate of drug-likeness (QED) is 0.379. The van der Waals surface area contributed by atoms with Crippen LogP contribution in [0.5, 0.6) is 0 Å². The van der Waals surface area contributed by atoms with Gasteiger partial charge in [0.15, 0.2) is 5.69 Å². The van der Waals surface area contributed by atoms with E-state index in [1.54, 1.807) is 36.1 Å². The van der Waals surface area contributed by atoms with Crippen LogP contribution in [0.4, 0.5) is 13.2 Å². The Bertz CT molecular complexity index is 1250. The minimum Gasteiger partial charge on any atom is -0.333 e. The zero-order valence-electron chi connectivity index (χ0n) is 19.6. The number of thiophene rings is 1. The number of aromatic nitrogens is 2. The second-order valence-electron chi connectivity index (χ2n) is 8.70. The third-order valence-electron chi connectivity index (χ3n) is 5.95. The number of hydrogen-bond donors (Lipinski definition) is 0. The van der Waals surface area contributed by atoms with Gasteiger partial charge >= 0.3 is 6.18 Å². The summed E-state index contributed by atoms with van der Waals surface area (Å²) in [6.07, 6.45) is 0.206. The summed E-state index contributed by atoms with van der Waals surface area (Å²) in [5.41, 5.74) is 1.23. The van der Waals surface area contributed by atoms with Crippen molar-refractivity contribution in [3.8, 4) is 11.1 Å². The van der Waals surface area contributed by atoms with E-state index in [2.05, 4.69) is 5.10 Å². The van der Waals surface area contributed by atoms with E-state index in [1.165, 1.54) is 22.2 Å². The number of fused-ring (bicyclic) bond motifs is 1. The Hall–Kier alpha value is -2.62. The predicted octanol–water partition coefficient (Wildman–Crippen LogP) is 5.90. The number of rotatable bonds is 6. The van der Waals surface area contributed by atoms with Crippen molar-refractivity contribution in [2.75, 3.05) is 27.2 Å². The number of carbonyl (C=O) groups is 1. The topological polar surface area (TPSA) is 41.4 Å². The highest BCUT2D eigenvalue weighted by atomic mass is 35.5. The third kappa shape index (κ3) is 5.47. The average Bonchev–Trinajstić information content (AvgIpc) is 3.41. The molecule has 10 heteroatoms. The summed E-state index contributed by atoms with van der Waals surface area (Å²) in [6.45, 7) is 3.45. The van der Waals surface area contributed by atoms with E-state index in [0.29, 0.717) is 41.6 Å². The molecule has 186 valence electrons. The first-order chi connectivity index (χ1) is 16.6. The fraction of sp³-hybridized carbons (Fsp3) is 0.360. The highest BCUT2D eigenvalue weighted by Gasteiger charge is 2.39. The first-order valence-corrected chi connectivity index (χ1v) is 12.4. The molecule has 3 heterocycles. The van der Waals surface area contributed by atoms with Crippen LogP contribution in [0.2, 0.25) is 4.34 Å². The second kappa shape index (κ2) is 10.2. The first kappa shape index (κ1) is 25.5.